The Morgan fingerprint density at radius 2 is 2.22 bits per heavy atom. The fraction of sp³-hybridized carbons (Fsp3) is 1.00. The molecule has 2 atom stereocenters. The Kier molecular flexibility index (Phi) is 2.80. The molecule has 0 aliphatic heterocycles. The third-order valence-corrected chi connectivity index (χ3v) is 2.41. The quantitative estimate of drug-likeness (QED) is 0.562. The molecule has 0 aromatic heterocycles. The lowest BCUT2D eigenvalue weighted by Gasteiger charge is -2.23. The van der Waals surface area contributed by atoms with Crippen LogP contribution in [0.3, 0.4) is 0 Å². The molecule has 1 aliphatic rings. The first kappa shape index (κ1) is 7.36. The molecule has 2 heteroatoms. The van der Waals surface area contributed by atoms with Gasteiger partial charge in [-0.1, -0.05) is 6.42 Å². The van der Waals surface area contributed by atoms with Gasteiger partial charge in [-0.3, -0.25) is 0 Å². The van der Waals surface area contributed by atoms with Crippen LogP contribution in [0.25, 0.3) is 0 Å². The van der Waals surface area contributed by atoms with Crippen LogP contribution in [0.5, 0.6) is 0 Å². The minimum absolute atomic E-state index is 0.0671. The van der Waals surface area contributed by atoms with Crippen molar-refractivity contribution in [3.8, 4) is 0 Å². The molecule has 0 heterocycles. The van der Waals surface area contributed by atoms with Gasteiger partial charge in [-0.2, -0.15) is 0 Å². The van der Waals surface area contributed by atoms with Crippen LogP contribution in [0.1, 0.15) is 25.7 Å². The van der Waals surface area contributed by atoms with Gasteiger partial charge >= 0.3 is 0 Å². The first-order chi connectivity index (χ1) is 4.33. The van der Waals surface area contributed by atoms with E-state index in [0.717, 1.165) is 25.1 Å². The molecule has 1 saturated carbocycles. The minimum Gasteiger partial charge on any atom is -0.393 e. The summed E-state index contributed by atoms with van der Waals surface area (Å²) in [6.07, 6.45) is 4.19. The highest BCUT2D eigenvalue weighted by atomic mass is 35.5. The van der Waals surface area contributed by atoms with Crippen LogP contribution in [0, 0.1) is 5.92 Å². The minimum atomic E-state index is -0.0671. The normalized spacial score (nSPS) is 36.7. The molecule has 1 nitrogen and oxygen atoms in total. The summed E-state index contributed by atoms with van der Waals surface area (Å²) in [5.74, 6) is 1.30. The maximum absolute atomic E-state index is 9.15. The molecule has 0 bridgehead atoms. The first-order valence-corrected chi connectivity index (χ1v) is 4.10. The molecule has 1 aliphatic carbocycles. The molecule has 0 aromatic rings. The molecule has 1 rings (SSSR count). The van der Waals surface area contributed by atoms with E-state index in [9.17, 15) is 0 Å². The van der Waals surface area contributed by atoms with Gasteiger partial charge in [0.05, 0.1) is 6.10 Å². The van der Waals surface area contributed by atoms with Gasteiger partial charge in [0.1, 0.15) is 0 Å². The topological polar surface area (TPSA) is 20.2 Å². The SMILES string of the molecule is O[C@H]1CCC[C@H](CCl)C1. The largest absolute Gasteiger partial charge is 0.393 e. The zero-order valence-electron chi connectivity index (χ0n) is 5.52. The Labute approximate surface area is 61.0 Å². The van der Waals surface area contributed by atoms with E-state index in [1.54, 1.807) is 0 Å². The maximum atomic E-state index is 9.15. The highest BCUT2D eigenvalue weighted by Crippen LogP contribution is 2.24. The van der Waals surface area contributed by atoms with Gasteiger partial charge in [-0.05, 0) is 25.2 Å². The number of rotatable bonds is 1. The predicted molar refractivity (Wildman–Crippen MR) is 38.7 cm³/mol. The summed E-state index contributed by atoms with van der Waals surface area (Å²) >= 11 is 5.63. The number of alkyl halides is 1. The highest BCUT2D eigenvalue weighted by Gasteiger charge is 2.18. The van der Waals surface area contributed by atoms with Gasteiger partial charge in [-0.15, -0.1) is 11.6 Å². The van der Waals surface area contributed by atoms with Crippen molar-refractivity contribution < 1.29 is 5.11 Å². The van der Waals surface area contributed by atoms with E-state index < -0.39 is 0 Å². The molecule has 0 saturated heterocycles. The van der Waals surface area contributed by atoms with Gasteiger partial charge < -0.3 is 5.11 Å². The van der Waals surface area contributed by atoms with Crippen LogP contribution >= 0.6 is 11.6 Å². The van der Waals surface area contributed by atoms with Crippen LogP contribution < -0.4 is 0 Å². The van der Waals surface area contributed by atoms with E-state index in [1.165, 1.54) is 6.42 Å². The zero-order chi connectivity index (χ0) is 6.69. The van der Waals surface area contributed by atoms with Crippen molar-refractivity contribution in [1.82, 2.24) is 0 Å². The Morgan fingerprint density at radius 1 is 1.44 bits per heavy atom. The second kappa shape index (κ2) is 3.43. The lowest BCUT2D eigenvalue weighted by atomic mass is 9.89. The standard InChI is InChI=1S/C7H13ClO/c8-5-6-2-1-3-7(9)4-6/h6-7,9H,1-5H2/t6-,7-/m0/s1. The third-order valence-electron chi connectivity index (χ3n) is 1.97. The lowest BCUT2D eigenvalue weighted by molar-refractivity contribution is 0.107. The smallest absolute Gasteiger partial charge is 0.0543 e. The predicted octanol–water partition coefficient (Wildman–Crippen LogP) is 1.78. The molecule has 0 spiro atoms. The zero-order valence-corrected chi connectivity index (χ0v) is 6.27. The average Bonchev–Trinajstić information content (AvgIpc) is 1.88. The maximum Gasteiger partial charge on any atom is 0.0543 e. The molecule has 0 amide bonds. The number of aliphatic hydroxyl groups is 1. The van der Waals surface area contributed by atoms with Gasteiger partial charge in [-0.25, -0.2) is 0 Å². The molecule has 54 valence electrons. The first-order valence-electron chi connectivity index (χ1n) is 3.57. The molecular weight excluding hydrogens is 136 g/mol. The van der Waals surface area contributed by atoms with Crippen LogP contribution in [-0.4, -0.2) is 17.1 Å². The molecule has 1 N–H and O–H groups in total. The van der Waals surface area contributed by atoms with Crippen molar-refractivity contribution in [3.63, 3.8) is 0 Å². The monoisotopic (exact) mass is 148 g/mol. The molecule has 0 radical (unpaired) electrons. The van der Waals surface area contributed by atoms with E-state index in [1.807, 2.05) is 0 Å². The van der Waals surface area contributed by atoms with Gasteiger partial charge in [0.25, 0.3) is 0 Å². The van der Waals surface area contributed by atoms with E-state index >= 15 is 0 Å². The van der Waals surface area contributed by atoms with E-state index in [4.69, 9.17) is 16.7 Å². The van der Waals surface area contributed by atoms with Gasteiger partial charge in [0.15, 0.2) is 0 Å². The average molecular weight is 149 g/mol. The highest BCUT2D eigenvalue weighted by molar-refractivity contribution is 6.18. The molecular formula is C7H13ClO. The fourth-order valence-electron chi connectivity index (χ4n) is 1.40. The Hall–Kier alpha value is 0.250. The van der Waals surface area contributed by atoms with Crippen LogP contribution in [0.2, 0.25) is 0 Å². The fourth-order valence-corrected chi connectivity index (χ4v) is 1.68. The summed E-state index contributed by atoms with van der Waals surface area (Å²) < 4.78 is 0. The summed E-state index contributed by atoms with van der Waals surface area (Å²) in [5, 5.41) is 9.15. The Bertz CT molecular complexity index is 85.0. The second-order valence-corrected chi connectivity index (χ2v) is 3.15. The summed E-state index contributed by atoms with van der Waals surface area (Å²) in [6.45, 7) is 0. The van der Waals surface area contributed by atoms with E-state index in [2.05, 4.69) is 0 Å². The van der Waals surface area contributed by atoms with Crippen molar-refractivity contribution in [2.45, 2.75) is 31.8 Å². The van der Waals surface area contributed by atoms with Gasteiger partial charge in [0, 0.05) is 5.88 Å². The summed E-state index contributed by atoms with van der Waals surface area (Å²) in [7, 11) is 0. The number of hydrogen-bond donors (Lipinski definition) is 1. The second-order valence-electron chi connectivity index (χ2n) is 2.84. The third kappa shape index (κ3) is 2.15. The van der Waals surface area contributed by atoms with Crippen molar-refractivity contribution in [2.75, 3.05) is 5.88 Å². The van der Waals surface area contributed by atoms with Crippen molar-refractivity contribution in [3.05, 3.63) is 0 Å². The Morgan fingerprint density at radius 3 is 2.67 bits per heavy atom. The van der Waals surface area contributed by atoms with Crippen LogP contribution in [0.15, 0.2) is 0 Å². The molecule has 0 aromatic carbocycles. The van der Waals surface area contributed by atoms with Gasteiger partial charge in [0.2, 0.25) is 0 Å². The number of aliphatic hydroxyl groups excluding tert-OH is 1. The van der Waals surface area contributed by atoms with Crippen molar-refractivity contribution in [2.24, 2.45) is 5.92 Å². The Balaban J connectivity index is 2.23. The van der Waals surface area contributed by atoms with E-state index in [-0.39, 0.29) is 6.10 Å². The van der Waals surface area contributed by atoms with E-state index in [0.29, 0.717) is 5.92 Å². The molecule has 1 fully saturated rings. The lowest BCUT2D eigenvalue weighted by Crippen LogP contribution is -2.20. The van der Waals surface area contributed by atoms with Crippen molar-refractivity contribution >= 4 is 11.6 Å². The summed E-state index contributed by atoms with van der Waals surface area (Å²) in [4.78, 5) is 0. The summed E-state index contributed by atoms with van der Waals surface area (Å²) in [5.41, 5.74) is 0. The summed E-state index contributed by atoms with van der Waals surface area (Å²) in [6, 6.07) is 0. The van der Waals surface area contributed by atoms with Crippen LogP contribution in [0.4, 0.5) is 0 Å². The van der Waals surface area contributed by atoms with Crippen LogP contribution in [-0.2, 0) is 0 Å². The molecule has 0 unspecified atom stereocenters. The molecule has 9 heavy (non-hydrogen) atoms. The van der Waals surface area contributed by atoms with Crippen molar-refractivity contribution in [1.29, 1.82) is 0 Å². The number of halogens is 1. The number of hydrogen-bond acceptors (Lipinski definition) is 1.